The number of pyridine rings is 1. The van der Waals surface area contributed by atoms with E-state index in [1.54, 1.807) is 12.3 Å². The van der Waals surface area contributed by atoms with Gasteiger partial charge in [0.1, 0.15) is 0 Å². The summed E-state index contributed by atoms with van der Waals surface area (Å²) in [6.45, 7) is 6.13. The van der Waals surface area contributed by atoms with E-state index >= 15 is 0 Å². The molecule has 0 saturated carbocycles. The van der Waals surface area contributed by atoms with Crippen LogP contribution in [-0.4, -0.2) is 4.98 Å². The number of hydrogen-bond donors (Lipinski definition) is 2. The van der Waals surface area contributed by atoms with E-state index in [9.17, 15) is 0 Å². The number of aryl methyl sites for hydroxylation is 2. The molecule has 0 saturated heterocycles. The lowest BCUT2D eigenvalue weighted by Gasteiger charge is -2.15. The second-order valence-electron chi connectivity index (χ2n) is 5.30. The van der Waals surface area contributed by atoms with Crippen LogP contribution in [0, 0.1) is 6.92 Å². The van der Waals surface area contributed by atoms with Crippen LogP contribution >= 0.6 is 0 Å². The molecule has 1 aromatic carbocycles. The number of aromatic nitrogens is 1. The Morgan fingerprint density at radius 1 is 1.18 bits per heavy atom. The van der Waals surface area contributed by atoms with Gasteiger partial charge in [-0.1, -0.05) is 19.9 Å². The van der Waals surface area contributed by atoms with Gasteiger partial charge < -0.3 is 11.5 Å². The van der Waals surface area contributed by atoms with Crippen molar-refractivity contribution >= 4 is 11.8 Å². The molecule has 3 heteroatoms. The fourth-order valence-corrected chi connectivity index (χ4v) is 3.11. The van der Waals surface area contributed by atoms with Gasteiger partial charge in [0.25, 0.3) is 0 Å². The first-order valence-corrected chi connectivity index (χ1v) is 7.96. The van der Waals surface area contributed by atoms with Gasteiger partial charge in [0.2, 0.25) is 0 Å². The highest BCUT2D eigenvalue weighted by Crippen LogP contribution is 2.38. The van der Waals surface area contributed by atoms with Gasteiger partial charge >= 0.3 is 0 Å². The molecule has 0 fully saturated rings. The summed E-state index contributed by atoms with van der Waals surface area (Å²) in [4.78, 5) is 4.28. The molecule has 0 aliphatic heterocycles. The van der Waals surface area contributed by atoms with Crippen LogP contribution in [0.5, 0.6) is 0 Å². The van der Waals surface area contributed by atoms with Crippen LogP contribution < -0.4 is 11.5 Å². The highest BCUT2D eigenvalue weighted by Gasteiger charge is 2.19. The molecule has 1 aliphatic rings. The van der Waals surface area contributed by atoms with Crippen molar-refractivity contribution in [1.82, 2.24) is 4.98 Å². The maximum absolute atomic E-state index is 6.43. The summed E-state index contributed by atoms with van der Waals surface area (Å²) >= 11 is 0. The molecule has 1 heterocycles. The zero-order chi connectivity index (χ0) is 16.1. The summed E-state index contributed by atoms with van der Waals surface area (Å²) in [5.41, 5.74) is 19.9. The molecule has 0 amide bonds. The van der Waals surface area contributed by atoms with Crippen LogP contribution in [0.4, 0.5) is 5.69 Å². The highest BCUT2D eigenvalue weighted by atomic mass is 14.7. The third kappa shape index (κ3) is 2.98. The Hall–Kier alpha value is -2.29. The van der Waals surface area contributed by atoms with E-state index in [0.29, 0.717) is 0 Å². The maximum Gasteiger partial charge on any atom is 0.0650 e. The Kier molecular flexibility index (Phi) is 5.21. The normalized spacial score (nSPS) is 12.9. The number of nitrogens with two attached hydrogens (primary N) is 2. The van der Waals surface area contributed by atoms with E-state index in [1.165, 1.54) is 29.3 Å². The minimum atomic E-state index is 0.851. The van der Waals surface area contributed by atoms with Gasteiger partial charge in [0.05, 0.1) is 5.69 Å². The molecule has 0 unspecified atom stereocenters. The average Bonchev–Trinajstić information content (AvgIpc) is 2.99. The molecule has 3 rings (SSSR count). The monoisotopic (exact) mass is 295 g/mol. The molecule has 3 nitrogen and oxygen atoms in total. The predicted molar refractivity (Wildman–Crippen MR) is 95.4 cm³/mol. The van der Waals surface area contributed by atoms with Crippen LogP contribution in [0.25, 0.3) is 17.2 Å². The lowest BCUT2D eigenvalue weighted by Crippen LogP contribution is -2.00. The van der Waals surface area contributed by atoms with E-state index in [-0.39, 0.29) is 0 Å². The van der Waals surface area contributed by atoms with Crippen molar-refractivity contribution in [1.29, 1.82) is 0 Å². The second-order valence-corrected chi connectivity index (χ2v) is 5.30. The SMILES string of the molecule is CC.Cc1cc2c(c(N)c1-c1ccnc(/C=C\N)c1)CCC2. The molecule has 1 aliphatic carbocycles. The van der Waals surface area contributed by atoms with Gasteiger partial charge in [-0.3, -0.25) is 4.98 Å². The van der Waals surface area contributed by atoms with Crippen LogP contribution in [0.3, 0.4) is 0 Å². The van der Waals surface area contributed by atoms with Gasteiger partial charge in [0.15, 0.2) is 0 Å². The summed E-state index contributed by atoms with van der Waals surface area (Å²) in [6, 6.07) is 6.32. The number of nitrogens with zero attached hydrogens (tertiary/aromatic N) is 1. The quantitative estimate of drug-likeness (QED) is 0.820. The van der Waals surface area contributed by atoms with Crippen LogP contribution in [-0.2, 0) is 12.8 Å². The summed E-state index contributed by atoms with van der Waals surface area (Å²) in [5.74, 6) is 0. The van der Waals surface area contributed by atoms with E-state index in [0.717, 1.165) is 35.3 Å². The number of anilines is 1. The molecule has 2 aromatic rings. The number of rotatable bonds is 2. The Morgan fingerprint density at radius 2 is 1.95 bits per heavy atom. The minimum Gasteiger partial charge on any atom is -0.405 e. The van der Waals surface area contributed by atoms with E-state index in [4.69, 9.17) is 11.5 Å². The molecule has 4 N–H and O–H groups in total. The number of benzene rings is 1. The molecule has 0 spiro atoms. The van der Waals surface area contributed by atoms with Crippen molar-refractivity contribution < 1.29 is 0 Å². The van der Waals surface area contributed by atoms with Gasteiger partial charge in [-0.15, -0.1) is 0 Å². The second kappa shape index (κ2) is 7.12. The molecule has 22 heavy (non-hydrogen) atoms. The molecular weight excluding hydrogens is 270 g/mol. The Balaban J connectivity index is 0.000000847. The van der Waals surface area contributed by atoms with E-state index < -0.39 is 0 Å². The largest absolute Gasteiger partial charge is 0.405 e. The van der Waals surface area contributed by atoms with Crippen molar-refractivity contribution in [3.8, 4) is 11.1 Å². The topological polar surface area (TPSA) is 64.9 Å². The average molecular weight is 295 g/mol. The Morgan fingerprint density at radius 3 is 2.68 bits per heavy atom. The molecular formula is C19H25N3. The van der Waals surface area contributed by atoms with E-state index in [1.807, 2.05) is 26.0 Å². The molecule has 1 aromatic heterocycles. The maximum atomic E-state index is 6.43. The predicted octanol–water partition coefficient (Wildman–Crippen LogP) is 4.08. The van der Waals surface area contributed by atoms with Crippen molar-refractivity contribution in [3.63, 3.8) is 0 Å². The number of fused-ring (bicyclic) bond motifs is 1. The standard InChI is InChI=1S/C17H19N3.C2H6/c1-11-9-12-3-2-4-15(12)17(19)16(11)13-6-8-20-14(10-13)5-7-18;1-2/h5-10H,2-4,18-19H2,1H3;1-2H3/b7-5-;. The summed E-state index contributed by atoms with van der Waals surface area (Å²) in [5, 5.41) is 0. The minimum absolute atomic E-state index is 0.851. The summed E-state index contributed by atoms with van der Waals surface area (Å²) in [6.07, 6.45) is 8.55. The number of nitrogen functional groups attached to an aromatic ring is 1. The van der Waals surface area contributed by atoms with Gasteiger partial charge in [-0.2, -0.15) is 0 Å². The first-order valence-electron chi connectivity index (χ1n) is 7.96. The van der Waals surface area contributed by atoms with Gasteiger partial charge in [-0.25, -0.2) is 0 Å². The van der Waals surface area contributed by atoms with Gasteiger partial charge in [-0.05, 0) is 72.8 Å². The zero-order valence-electron chi connectivity index (χ0n) is 13.7. The first kappa shape index (κ1) is 16.1. The Bertz CT molecular complexity index is 687. The fraction of sp³-hybridized carbons (Fsp3) is 0.316. The fourth-order valence-electron chi connectivity index (χ4n) is 3.11. The smallest absolute Gasteiger partial charge is 0.0650 e. The summed E-state index contributed by atoms with van der Waals surface area (Å²) < 4.78 is 0. The van der Waals surface area contributed by atoms with Crippen LogP contribution in [0.1, 0.15) is 42.7 Å². The highest BCUT2D eigenvalue weighted by molar-refractivity contribution is 5.83. The Labute approximate surface area is 133 Å². The molecule has 116 valence electrons. The summed E-state index contributed by atoms with van der Waals surface area (Å²) in [7, 11) is 0. The van der Waals surface area contributed by atoms with Crippen LogP contribution in [0.2, 0.25) is 0 Å². The first-order chi connectivity index (χ1) is 10.7. The third-order valence-corrected chi connectivity index (χ3v) is 3.98. The van der Waals surface area contributed by atoms with Crippen molar-refractivity contribution in [2.75, 3.05) is 5.73 Å². The molecule has 0 atom stereocenters. The van der Waals surface area contributed by atoms with Crippen molar-refractivity contribution in [2.24, 2.45) is 5.73 Å². The van der Waals surface area contributed by atoms with Crippen molar-refractivity contribution in [3.05, 3.63) is 53.0 Å². The zero-order valence-corrected chi connectivity index (χ0v) is 13.7. The van der Waals surface area contributed by atoms with Crippen LogP contribution in [0.15, 0.2) is 30.6 Å². The van der Waals surface area contributed by atoms with Gasteiger partial charge in [0, 0.05) is 17.4 Å². The van der Waals surface area contributed by atoms with Crippen molar-refractivity contribution in [2.45, 2.75) is 40.0 Å². The number of hydrogen-bond acceptors (Lipinski definition) is 3. The lowest BCUT2D eigenvalue weighted by atomic mass is 9.93. The molecule has 0 radical (unpaired) electrons. The van der Waals surface area contributed by atoms with E-state index in [2.05, 4.69) is 18.0 Å². The lowest BCUT2D eigenvalue weighted by molar-refractivity contribution is 0.912. The molecule has 0 bridgehead atoms. The third-order valence-electron chi connectivity index (χ3n) is 3.98.